The molecule has 3 aromatic heterocycles. The van der Waals surface area contributed by atoms with E-state index in [0.717, 1.165) is 5.56 Å². The molecule has 1 aliphatic heterocycles. The molecule has 5 rings (SSSR count). The molecule has 0 saturated carbocycles. The Kier molecular flexibility index (Phi) is 4.54. The van der Waals surface area contributed by atoms with E-state index in [0.29, 0.717) is 41.3 Å². The van der Waals surface area contributed by atoms with Crippen molar-refractivity contribution in [1.29, 1.82) is 0 Å². The molecule has 4 heterocycles. The number of nitrogens with zero attached hydrogens (tertiary/aromatic N) is 4. The number of aryl methyl sites for hydroxylation is 1. The Morgan fingerprint density at radius 2 is 2.19 bits per heavy atom. The van der Waals surface area contributed by atoms with E-state index < -0.39 is 11.9 Å². The summed E-state index contributed by atoms with van der Waals surface area (Å²) < 4.78 is 26.6. The molecule has 1 aliphatic rings. The molecule has 0 aliphatic carbocycles. The van der Waals surface area contributed by atoms with Crippen LogP contribution in [0.1, 0.15) is 23.6 Å². The van der Waals surface area contributed by atoms with Crippen LogP contribution in [-0.4, -0.2) is 38.2 Å². The maximum atomic E-state index is 14.2. The predicted octanol–water partition coefficient (Wildman–Crippen LogP) is 3.09. The molecule has 0 saturated heterocycles. The Labute approximate surface area is 175 Å². The number of nitrogens with one attached hydrogen (secondary N) is 2. The van der Waals surface area contributed by atoms with Crippen LogP contribution in [-0.2, 0) is 0 Å². The van der Waals surface area contributed by atoms with Crippen LogP contribution in [0.2, 0.25) is 0 Å². The molecule has 0 radical (unpaired) electrons. The molecule has 1 aromatic carbocycles. The summed E-state index contributed by atoms with van der Waals surface area (Å²) in [7, 11) is 1.53. The van der Waals surface area contributed by atoms with Crippen molar-refractivity contribution in [2.45, 2.75) is 19.4 Å². The number of anilines is 2. The maximum absolute atomic E-state index is 14.2. The summed E-state index contributed by atoms with van der Waals surface area (Å²) in [4.78, 5) is 28.7. The lowest BCUT2D eigenvalue weighted by molar-refractivity contribution is 0.244. The summed E-state index contributed by atoms with van der Waals surface area (Å²) in [5, 5.41) is 3.10. The fraction of sp³-hybridized carbons (Fsp3) is 0.238. The van der Waals surface area contributed by atoms with E-state index in [9.17, 15) is 9.18 Å². The van der Waals surface area contributed by atoms with Crippen LogP contribution in [0, 0.1) is 12.7 Å². The predicted molar refractivity (Wildman–Crippen MR) is 112 cm³/mol. The lowest BCUT2D eigenvalue weighted by Crippen LogP contribution is -2.28. The second-order valence-corrected chi connectivity index (χ2v) is 7.24. The summed E-state index contributed by atoms with van der Waals surface area (Å²) in [5.74, 6) is 0.390. The lowest BCUT2D eigenvalue weighted by atomic mass is 10.00. The summed E-state index contributed by atoms with van der Waals surface area (Å²) in [6.07, 6.45) is 3.73. The lowest BCUT2D eigenvalue weighted by Gasteiger charge is -2.26. The highest BCUT2D eigenvalue weighted by Crippen LogP contribution is 2.37. The third-order valence-corrected chi connectivity index (χ3v) is 5.19. The van der Waals surface area contributed by atoms with Gasteiger partial charge in [-0.05, 0) is 24.6 Å². The summed E-state index contributed by atoms with van der Waals surface area (Å²) in [5.41, 5.74) is 2.68. The first kappa shape index (κ1) is 19.0. The average molecular weight is 422 g/mol. The molecule has 9 nitrogen and oxygen atoms in total. The van der Waals surface area contributed by atoms with Crippen LogP contribution in [0.25, 0.3) is 11.2 Å². The Hall–Kier alpha value is -3.95. The van der Waals surface area contributed by atoms with Crippen LogP contribution in [0.3, 0.4) is 0 Å². The van der Waals surface area contributed by atoms with Crippen molar-refractivity contribution < 1.29 is 13.9 Å². The highest BCUT2D eigenvalue weighted by atomic mass is 19.1. The van der Waals surface area contributed by atoms with Gasteiger partial charge in [-0.3, -0.25) is 4.57 Å². The maximum Gasteiger partial charge on any atom is 0.328 e. The van der Waals surface area contributed by atoms with Crippen LogP contribution < -0.4 is 20.5 Å². The Bertz CT molecular complexity index is 1350. The molecule has 0 fully saturated rings. The number of hydrogen-bond acceptors (Lipinski definition) is 7. The molecule has 0 amide bonds. The number of halogens is 1. The number of aromatic amines is 1. The number of ether oxygens (including phenoxy) is 2. The Morgan fingerprint density at radius 3 is 3.03 bits per heavy atom. The van der Waals surface area contributed by atoms with Crippen molar-refractivity contribution in [3.63, 3.8) is 0 Å². The van der Waals surface area contributed by atoms with E-state index in [1.54, 1.807) is 18.3 Å². The van der Waals surface area contributed by atoms with Crippen molar-refractivity contribution in [2.24, 2.45) is 0 Å². The van der Waals surface area contributed by atoms with Crippen molar-refractivity contribution in [3.8, 4) is 11.6 Å². The normalized spacial score (nSPS) is 15.4. The van der Waals surface area contributed by atoms with Gasteiger partial charge < -0.3 is 19.8 Å². The fourth-order valence-corrected chi connectivity index (χ4v) is 3.83. The topological polar surface area (TPSA) is 107 Å². The van der Waals surface area contributed by atoms with Gasteiger partial charge in [-0.25, -0.2) is 19.2 Å². The van der Waals surface area contributed by atoms with Crippen molar-refractivity contribution in [3.05, 3.63) is 64.1 Å². The molecule has 158 valence electrons. The Morgan fingerprint density at radius 1 is 1.32 bits per heavy atom. The highest BCUT2D eigenvalue weighted by Gasteiger charge is 2.28. The van der Waals surface area contributed by atoms with Crippen LogP contribution in [0.5, 0.6) is 11.6 Å². The molecule has 2 N–H and O–H groups in total. The molecule has 0 spiro atoms. The minimum Gasteiger partial charge on any atom is -0.490 e. The second kappa shape index (κ2) is 7.38. The zero-order valence-corrected chi connectivity index (χ0v) is 16.8. The highest BCUT2D eigenvalue weighted by molar-refractivity contribution is 5.73. The fourth-order valence-electron chi connectivity index (χ4n) is 3.83. The first-order valence-electron chi connectivity index (χ1n) is 9.71. The number of para-hydroxylation sites is 1. The van der Waals surface area contributed by atoms with E-state index in [4.69, 9.17) is 9.47 Å². The van der Waals surface area contributed by atoms with Gasteiger partial charge in [0.05, 0.1) is 26.0 Å². The third kappa shape index (κ3) is 3.25. The minimum atomic E-state index is -0.453. The first-order chi connectivity index (χ1) is 15.0. The van der Waals surface area contributed by atoms with Gasteiger partial charge in [0.2, 0.25) is 11.8 Å². The van der Waals surface area contributed by atoms with E-state index in [1.165, 1.54) is 23.9 Å². The number of methoxy groups -OCH3 is 1. The average Bonchev–Trinajstić information content (AvgIpc) is 3.09. The van der Waals surface area contributed by atoms with Gasteiger partial charge in [0.1, 0.15) is 11.2 Å². The number of aromatic nitrogens is 5. The quantitative estimate of drug-likeness (QED) is 0.520. The van der Waals surface area contributed by atoms with Gasteiger partial charge in [0.25, 0.3) is 0 Å². The van der Waals surface area contributed by atoms with E-state index in [1.807, 2.05) is 13.0 Å². The standard InChI is InChI=1S/C21H19FN6O3/c1-11-8-14(19(30-2)23-9-11)25-20-24-10-15-18(27-20)28(21(29)26-15)16-6-7-31-17-12(16)4-3-5-13(17)22/h3-5,8-10,16H,6-7H2,1-2H3,(H,26,29)(H,24,25,27)/t16-/m1/s1. The van der Waals surface area contributed by atoms with Crippen molar-refractivity contribution >= 4 is 22.8 Å². The van der Waals surface area contributed by atoms with Crippen molar-refractivity contribution in [1.82, 2.24) is 24.5 Å². The van der Waals surface area contributed by atoms with Gasteiger partial charge in [0.15, 0.2) is 17.2 Å². The van der Waals surface area contributed by atoms with Crippen LogP contribution in [0.15, 0.2) is 41.5 Å². The third-order valence-electron chi connectivity index (χ3n) is 5.19. The number of benzene rings is 1. The molecule has 10 heteroatoms. The summed E-state index contributed by atoms with van der Waals surface area (Å²) in [6, 6.07) is 6.15. The molecular formula is C21H19FN6O3. The number of H-pyrrole nitrogens is 1. The monoisotopic (exact) mass is 422 g/mol. The molecule has 31 heavy (non-hydrogen) atoms. The largest absolute Gasteiger partial charge is 0.490 e. The molecule has 0 bridgehead atoms. The number of imidazole rings is 1. The van der Waals surface area contributed by atoms with Gasteiger partial charge >= 0.3 is 5.69 Å². The number of rotatable bonds is 4. The van der Waals surface area contributed by atoms with Gasteiger partial charge in [0, 0.05) is 18.2 Å². The first-order valence-corrected chi connectivity index (χ1v) is 9.71. The summed E-state index contributed by atoms with van der Waals surface area (Å²) in [6.45, 7) is 2.20. The van der Waals surface area contributed by atoms with Crippen LogP contribution in [0.4, 0.5) is 16.0 Å². The number of pyridine rings is 1. The molecular weight excluding hydrogens is 403 g/mol. The van der Waals surface area contributed by atoms with Crippen LogP contribution >= 0.6 is 0 Å². The summed E-state index contributed by atoms with van der Waals surface area (Å²) >= 11 is 0. The number of hydrogen-bond donors (Lipinski definition) is 2. The minimum absolute atomic E-state index is 0.169. The Balaban J connectivity index is 1.61. The second-order valence-electron chi connectivity index (χ2n) is 7.24. The van der Waals surface area contributed by atoms with Crippen molar-refractivity contribution in [2.75, 3.05) is 19.0 Å². The van der Waals surface area contributed by atoms with Gasteiger partial charge in [-0.1, -0.05) is 12.1 Å². The molecule has 1 atom stereocenters. The molecule has 4 aromatic rings. The smallest absolute Gasteiger partial charge is 0.328 e. The van der Waals surface area contributed by atoms with E-state index in [2.05, 4.69) is 25.3 Å². The van der Waals surface area contributed by atoms with E-state index in [-0.39, 0.29) is 17.4 Å². The zero-order chi connectivity index (χ0) is 21.5. The van der Waals surface area contributed by atoms with E-state index >= 15 is 0 Å². The number of fused-ring (bicyclic) bond motifs is 2. The molecule has 0 unspecified atom stereocenters. The zero-order valence-electron chi connectivity index (χ0n) is 16.8. The SMILES string of the molecule is COc1ncc(C)cc1Nc1ncc2[nH]c(=O)n([C@@H]3CCOc4c(F)cccc43)c2n1. The van der Waals surface area contributed by atoms with Gasteiger partial charge in [-0.15, -0.1) is 0 Å². The van der Waals surface area contributed by atoms with Gasteiger partial charge in [-0.2, -0.15) is 4.98 Å².